The Bertz CT molecular complexity index is 3650. The Balaban J connectivity index is 0.000000157. The number of nitrogens with zero attached hydrogens (tertiary/aromatic N) is 14. The van der Waals surface area contributed by atoms with Crippen molar-refractivity contribution in [3.05, 3.63) is 135 Å². The van der Waals surface area contributed by atoms with Crippen molar-refractivity contribution < 1.29 is 75.3 Å². The average Bonchev–Trinajstić information content (AvgIpc) is 3.29. The van der Waals surface area contributed by atoms with Gasteiger partial charge in [0.1, 0.15) is 33.1 Å². The summed E-state index contributed by atoms with van der Waals surface area (Å²) in [5, 5.41) is 1.88. The SMILES string of the molecule is F[P-](F)(F)(F)(F)F.F[P-](F)(F)(F)(F)F.O.[Ru+2].c1cnc2c(c1)c1nc3ccc4nccnc4c3nc1c1cccnc12.c1cnc2c(ccc3nccnc32)n1.c1cnc2c(ccc3nccnc32)n1. The topological polar surface area (TPSA) is 212 Å². The Labute approximate surface area is 393 Å². The smallest absolute Gasteiger partial charge is 0.412 e. The van der Waals surface area contributed by atoms with Crippen LogP contribution in [0.3, 0.4) is 0 Å². The summed E-state index contributed by atoms with van der Waals surface area (Å²) in [4.78, 5) is 61.6. The molecule has 0 bridgehead atoms. The molecule has 70 heavy (non-hydrogen) atoms. The molecule has 4 aromatic carbocycles. The first-order chi connectivity index (χ1) is 31.7. The van der Waals surface area contributed by atoms with Crippen LogP contribution in [0.2, 0.25) is 0 Å². The van der Waals surface area contributed by atoms with Crippen molar-refractivity contribution in [2.24, 2.45) is 0 Å². The maximum atomic E-state index is 9.87. The predicted octanol–water partition coefficient (Wildman–Crippen LogP) is 12.9. The van der Waals surface area contributed by atoms with Crippen molar-refractivity contribution in [3.8, 4) is 0 Å². The first-order valence-electron chi connectivity index (χ1n) is 18.8. The van der Waals surface area contributed by atoms with E-state index in [2.05, 4.69) is 59.8 Å². The van der Waals surface area contributed by atoms with Crippen LogP contribution >= 0.6 is 15.6 Å². The van der Waals surface area contributed by atoms with Gasteiger partial charge in [0.25, 0.3) is 0 Å². The zero-order valence-corrected chi connectivity index (χ0v) is 37.8. The van der Waals surface area contributed by atoms with Crippen LogP contribution in [-0.4, -0.2) is 75.3 Å². The van der Waals surface area contributed by atoms with Crippen molar-refractivity contribution in [1.29, 1.82) is 0 Å². The Morgan fingerprint density at radius 1 is 0.243 bits per heavy atom. The Morgan fingerprint density at radius 2 is 0.471 bits per heavy atom. The van der Waals surface area contributed by atoms with Crippen LogP contribution in [0.25, 0.3) is 99.0 Å². The van der Waals surface area contributed by atoms with Gasteiger partial charge < -0.3 is 5.48 Å². The zero-order valence-electron chi connectivity index (χ0n) is 34.2. The average molecular weight is 1110 g/mol. The number of hydrogen-bond donors (Lipinski definition) is 0. The van der Waals surface area contributed by atoms with Crippen LogP contribution in [0.15, 0.2) is 135 Å². The third kappa shape index (κ3) is 13.9. The van der Waals surface area contributed by atoms with Crippen LogP contribution < -0.4 is 0 Å². The summed E-state index contributed by atoms with van der Waals surface area (Å²) in [6.45, 7) is 0. The molecule has 0 aliphatic heterocycles. The molecule has 0 spiro atoms. The standard InChI is InChI=1S/C20H10N6.2C10H6N4.2F6P.H2O.Ru/c1-3-11-15(22-7-1)16-12(4-2-8-23-16)18-17(11)25-14-6-5-13-19(20(14)26-18)24-10-9-21-13;2*1-2-8-10(14-6-4-12-8)9-7(1)11-3-5-13-9;2*1-7(2,3,4,5)6;;/h1-10H;2*1-6H;;;1H2;/q;;;2*-1;;+2. The Kier molecular flexibility index (Phi) is 13.3. The van der Waals surface area contributed by atoms with Crippen molar-refractivity contribution in [3.63, 3.8) is 0 Å². The molecular weight excluding hydrogens is 1080 g/mol. The summed E-state index contributed by atoms with van der Waals surface area (Å²) in [6, 6.07) is 19.3. The first kappa shape index (κ1) is 52.0. The number of benzene rings is 4. The van der Waals surface area contributed by atoms with Gasteiger partial charge in [0.05, 0.1) is 55.2 Å². The molecule has 0 aliphatic carbocycles. The van der Waals surface area contributed by atoms with Gasteiger partial charge >= 0.3 is 85.5 Å². The van der Waals surface area contributed by atoms with Crippen molar-refractivity contribution in [2.45, 2.75) is 0 Å². The molecule has 8 aromatic heterocycles. The van der Waals surface area contributed by atoms with E-state index in [9.17, 15) is 50.4 Å². The second kappa shape index (κ2) is 17.8. The van der Waals surface area contributed by atoms with Crippen molar-refractivity contribution in [2.75, 3.05) is 0 Å². The predicted molar refractivity (Wildman–Crippen MR) is 237 cm³/mol. The fourth-order valence-electron chi connectivity index (χ4n) is 6.42. The molecule has 2 N–H and O–H groups in total. The summed E-state index contributed by atoms with van der Waals surface area (Å²) in [6.07, 6.45) is 20.3. The number of halogens is 12. The van der Waals surface area contributed by atoms with Gasteiger partial charge in [-0.2, -0.15) is 0 Å². The molecule has 0 amide bonds. The minimum Gasteiger partial charge on any atom is -0.412 e. The molecule has 0 atom stereocenters. The van der Waals surface area contributed by atoms with Crippen molar-refractivity contribution in [1.82, 2.24) is 69.8 Å². The molecule has 15 nitrogen and oxygen atoms in total. The Hall–Kier alpha value is -7.40. The van der Waals surface area contributed by atoms with Gasteiger partial charge in [-0.05, 0) is 60.7 Å². The number of aromatic nitrogens is 14. The van der Waals surface area contributed by atoms with E-state index >= 15 is 0 Å². The minimum absolute atomic E-state index is 0. The van der Waals surface area contributed by atoms with Crippen molar-refractivity contribution >= 4 is 115 Å². The van der Waals surface area contributed by atoms with E-state index in [4.69, 9.17) is 9.97 Å². The van der Waals surface area contributed by atoms with Crippen LogP contribution in [0, 0.1) is 0 Å². The maximum absolute atomic E-state index is 10.7. The van der Waals surface area contributed by atoms with Gasteiger partial charge in [-0.15, -0.1) is 0 Å². The van der Waals surface area contributed by atoms with E-state index in [0.717, 1.165) is 99.0 Å². The normalized spacial score (nSPS) is 13.4. The molecule has 0 fully saturated rings. The molecule has 12 rings (SSSR count). The molecule has 12 aromatic rings. The number of rotatable bonds is 0. The van der Waals surface area contributed by atoms with E-state index in [0.29, 0.717) is 0 Å². The van der Waals surface area contributed by atoms with Crippen LogP contribution in [0.4, 0.5) is 50.4 Å². The summed E-state index contributed by atoms with van der Waals surface area (Å²) >= 11 is 0. The van der Waals surface area contributed by atoms with E-state index in [-0.39, 0.29) is 25.0 Å². The zero-order chi connectivity index (χ0) is 48.7. The van der Waals surface area contributed by atoms with Gasteiger partial charge in [0, 0.05) is 85.1 Å². The number of pyridine rings is 2. The van der Waals surface area contributed by atoms with E-state index in [1.54, 1.807) is 74.4 Å². The fraction of sp³-hybridized carbons (Fsp3) is 0. The first-order valence-corrected chi connectivity index (χ1v) is 22.8. The number of fused-ring (bicyclic) bond motifs is 15. The monoisotopic (exact) mass is 1110 g/mol. The summed E-state index contributed by atoms with van der Waals surface area (Å²) in [7, 11) is -21.3. The molecule has 0 aliphatic rings. The minimum atomic E-state index is -10.7. The van der Waals surface area contributed by atoms with Crippen LogP contribution in [-0.2, 0) is 19.5 Å². The molecule has 8 heterocycles. The summed E-state index contributed by atoms with van der Waals surface area (Å²) in [5.74, 6) is 0. The van der Waals surface area contributed by atoms with Gasteiger partial charge in [0.15, 0.2) is 0 Å². The molecule has 0 saturated heterocycles. The Morgan fingerprint density at radius 3 is 0.771 bits per heavy atom. The molecule has 0 unspecified atom stereocenters. The molecule has 30 heteroatoms. The van der Waals surface area contributed by atoms with Crippen LogP contribution in [0.5, 0.6) is 0 Å². The van der Waals surface area contributed by atoms with E-state index < -0.39 is 15.6 Å². The number of hydrogen-bond acceptors (Lipinski definition) is 14. The summed E-state index contributed by atoms with van der Waals surface area (Å²) < 4.78 is 118. The van der Waals surface area contributed by atoms with Crippen LogP contribution in [0.1, 0.15) is 0 Å². The van der Waals surface area contributed by atoms with E-state index in [1.807, 2.05) is 60.7 Å². The van der Waals surface area contributed by atoms with Gasteiger partial charge in [0.2, 0.25) is 0 Å². The molecule has 362 valence electrons. The maximum Gasteiger partial charge on any atom is 2.00 e. The molecule has 0 radical (unpaired) electrons. The van der Waals surface area contributed by atoms with E-state index in [1.165, 1.54) is 0 Å². The molecule has 0 saturated carbocycles. The second-order valence-electron chi connectivity index (χ2n) is 13.8. The van der Waals surface area contributed by atoms with Gasteiger partial charge in [-0.1, -0.05) is 0 Å². The second-order valence-corrected chi connectivity index (χ2v) is 17.7. The quantitative estimate of drug-likeness (QED) is 0.0454. The van der Waals surface area contributed by atoms with Gasteiger partial charge in [-0.3, -0.25) is 59.8 Å². The largest absolute Gasteiger partial charge is 2.00 e. The van der Waals surface area contributed by atoms with Gasteiger partial charge in [-0.25, -0.2) is 9.97 Å². The fourth-order valence-corrected chi connectivity index (χ4v) is 6.42. The molecular formula is C40H24F12N14OP2Ru. The third-order valence-corrected chi connectivity index (χ3v) is 8.78. The summed E-state index contributed by atoms with van der Waals surface area (Å²) in [5.41, 5.74) is 13.0. The third-order valence-electron chi connectivity index (χ3n) is 8.78.